The van der Waals surface area contributed by atoms with Crippen molar-refractivity contribution in [3.63, 3.8) is 0 Å². The largest absolute Gasteiger partial charge is 0.508 e. The van der Waals surface area contributed by atoms with Crippen LogP contribution in [0.5, 0.6) is 17.2 Å². The summed E-state index contributed by atoms with van der Waals surface area (Å²) < 4.78 is 5.01. The Morgan fingerprint density at radius 3 is 2.62 bits per heavy atom. The maximum Gasteiger partial charge on any atom is 0.166 e. The van der Waals surface area contributed by atoms with Gasteiger partial charge in [0.2, 0.25) is 0 Å². The average molecular weight is 331 g/mol. The number of para-hydroxylation sites is 2. The summed E-state index contributed by atoms with van der Waals surface area (Å²) in [5.41, 5.74) is 4.11. The molecule has 0 saturated carbocycles. The Labute approximate surface area is 133 Å². The van der Waals surface area contributed by atoms with Crippen LogP contribution in [0.1, 0.15) is 11.1 Å². The Kier molecular flexibility index (Phi) is 6.56. The molecule has 0 aromatic heterocycles. The van der Waals surface area contributed by atoms with Crippen LogP contribution in [-0.4, -0.2) is 23.5 Å². The van der Waals surface area contributed by atoms with Gasteiger partial charge in [0, 0.05) is 27.6 Å². The van der Waals surface area contributed by atoms with Gasteiger partial charge in [0.25, 0.3) is 0 Å². The number of hydrogen-bond acceptors (Lipinski definition) is 5. The van der Waals surface area contributed by atoms with Gasteiger partial charge in [-0.15, -0.1) is 0 Å². The van der Waals surface area contributed by atoms with Gasteiger partial charge >= 0.3 is 0 Å². The second-order valence-electron chi connectivity index (χ2n) is 4.12. The fraction of sp³-hybridized carbons (Fsp3) is 0.133. The normalized spacial score (nSPS) is 10.1. The molecule has 2 aromatic carbocycles. The number of hydrazone groups is 1. The van der Waals surface area contributed by atoms with Crippen molar-refractivity contribution in [2.24, 2.45) is 5.10 Å². The third-order valence-corrected chi connectivity index (χ3v) is 2.81. The minimum atomic E-state index is 0. The van der Waals surface area contributed by atoms with E-state index in [0.717, 1.165) is 5.56 Å². The molecule has 6 heteroatoms. The van der Waals surface area contributed by atoms with Crippen LogP contribution in [0, 0.1) is 0 Å². The van der Waals surface area contributed by atoms with Crippen molar-refractivity contribution in [1.82, 2.24) is 5.43 Å². The van der Waals surface area contributed by atoms with E-state index in [4.69, 9.17) is 4.74 Å². The first kappa shape index (κ1) is 16.9. The van der Waals surface area contributed by atoms with Crippen molar-refractivity contribution in [2.45, 2.75) is 6.54 Å². The van der Waals surface area contributed by atoms with Gasteiger partial charge in [-0.2, -0.15) is 5.10 Å². The second-order valence-corrected chi connectivity index (χ2v) is 4.12. The number of nitrogens with one attached hydrogen (secondary N) is 1. The van der Waals surface area contributed by atoms with Gasteiger partial charge in [-0.05, 0) is 18.2 Å². The smallest absolute Gasteiger partial charge is 0.166 e. The van der Waals surface area contributed by atoms with Gasteiger partial charge in [0.15, 0.2) is 11.5 Å². The minimum Gasteiger partial charge on any atom is -0.508 e. The summed E-state index contributed by atoms with van der Waals surface area (Å²) in [6.07, 6.45) is 1.50. The molecule has 0 amide bonds. The summed E-state index contributed by atoms with van der Waals surface area (Å²) in [7, 11) is 1.49. The Hall–Kier alpha value is -2.20. The third-order valence-electron chi connectivity index (χ3n) is 2.81. The molecule has 0 aliphatic heterocycles. The molecule has 21 heavy (non-hydrogen) atoms. The molecule has 0 atom stereocenters. The van der Waals surface area contributed by atoms with Crippen molar-refractivity contribution >= 4 is 6.21 Å². The molecule has 0 aliphatic carbocycles. The van der Waals surface area contributed by atoms with Crippen LogP contribution in [0.15, 0.2) is 47.6 Å². The maximum atomic E-state index is 9.87. The molecular weight excluding hydrogens is 315 g/mol. The molecule has 0 spiro atoms. The number of methoxy groups -OCH3 is 1. The van der Waals surface area contributed by atoms with Crippen molar-refractivity contribution in [2.75, 3.05) is 7.11 Å². The van der Waals surface area contributed by atoms with E-state index in [-0.39, 0.29) is 28.0 Å². The number of phenols is 2. The first-order valence-electron chi connectivity index (χ1n) is 6.11. The van der Waals surface area contributed by atoms with Crippen LogP contribution in [-0.2, 0) is 23.0 Å². The summed E-state index contributed by atoms with van der Waals surface area (Å²) in [5.74, 6) is 0.664. The van der Waals surface area contributed by atoms with Gasteiger partial charge < -0.3 is 20.4 Å². The van der Waals surface area contributed by atoms with Crippen LogP contribution in [0.4, 0.5) is 0 Å². The summed E-state index contributed by atoms with van der Waals surface area (Å²) in [6.45, 7) is 0.397. The van der Waals surface area contributed by atoms with Crippen molar-refractivity contribution < 1.29 is 31.4 Å². The summed E-state index contributed by atoms with van der Waals surface area (Å²) in [4.78, 5) is 0. The standard InChI is InChI=1S/C15H16N2O3.Ni/c1-20-14-8-4-6-12(15(14)19)10-17-16-9-11-5-2-3-7-13(11)18;/h2-8,10,16,18-19H,9H2,1H3;. The van der Waals surface area contributed by atoms with Gasteiger partial charge in [-0.25, -0.2) is 0 Å². The third kappa shape index (κ3) is 4.40. The zero-order valence-corrected chi connectivity index (χ0v) is 12.4. The Balaban J connectivity index is 0.00000220. The zero-order valence-electron chi connectivity index (χ0n) is 11.4. The van der Waals surface area contributed by atoms with E-state index in [1.165, 1.54) is 13.3 Å². The predicted molar refractivity (Wildman–Crippen MR) is 77.2 cm³/mol. The van der Waals surface area contributed by atoms with Crippen LogP contribution in [0.25, 0.3) is 0 Å². The number of hydrogen-bond donors (Lipinski definition) is 3. The summed E-state index contributed by atoms with van der Waals surface area (Å²) in [5, 5.41) is 23.5. The number of ether oxygens (including phenoxy) is 1. The monoisotopic (exact) mass is 330 g/mol. The van der Waals surface area contributed by atoms with E-state index in [1.807, 2.05) is 6.07 Å². The first-order chi connectivity index (χ1) is 9.72. The number of benzene rings is 2. The van der Waals surface area contributed by atoms with Gasteiger partial charge in [0.05, 0.1) is 19.9 Å². The quantitative estimate of drug-likeness (QED) is 0.446. The SMILES string of the molecule is COc1cccc(C=NNCc2ccccc2O)c1O.[Ni]. The van der Waals surface area contributed by atoms with Crippen molar-refractivity contribution in [3.05, 3.63) is 53.6 Å². The molecule has 2 rings (SSSR count). The molecular formula is C15H16N2NiO3. The van der Waals surface area contributed by atoms with Gasteiger partial charge in [0.1, 0.15) is 5.75 Å². The predicted octanol–water partition coefficient (Wildman–Crippen LogP) is 2.23. The van der Waals surface area contributed by atoms with Gasteiger partial charge in [-0.1, -0.05) is 24.3 Å². The molecule has 0 aliphatic rings. The van der Waals surface area contributed by atoms with E-state index < -0.39 is 0 Å². The Morgan fingerprint density at radius 2 is 1.90 bits per heavy atom. The van der Waals surface area contributed by atoms with E-state index in [2.05, 4.69) is 10.5 Å². The van der Waals surface area contributed by atoms with Crippen LogP contribution >= 0.6 is 0 Å². The average Bonchev–Trinajstić information content (AvgIpc) is 2.47. The van der Waals surface area contributed by atoms with Crippen molar-refractivity contribution in [3.8, 4) is 17.2 Å². The van der Waals surface area contributed by atoms with Crippen LogP contribution in [0.2, 0.25) is 0 Å². The zero-order chi connectivity index (χ0) is 14.4. The van der Waals surface area contributed by atoms with E-state index in [9.17, 15) is 10.2 Å². The topological polar surface area (TPSA) is 74.1 Å². The van der Waals surface area contributed by atoms with Crippen LogP contribution < -0.4 is 10.2 Å². The van der Waals surface area contributed by atoms with Gasteiger partial charge in [-0.3, -0.25) is 0 Å². The molecule has 0 heterocycles. The number of nitrogens with zero attached hydrogens (tertiary/aromatic N) is 1. The number of phenolic OH excluding ortho intramolecular Hbond substituents is 2. The maximum absolute atomic E-state index is 9.87. The minimum absolute atomic E-state index is 0. The fourth-order valence-electron chi connectivity index (χ4n) is 1.71. The molecule has 5 nitrogen and oxygen atoms in total. The molecule has 0 bridgehead atoms. The van der Waals surface area contributed by atoms with Crippen LogP contribution in [0.3, 0.4) is 0 Å². The second kappa shape index (κ2) is 8.17. The summed E-state index contributed by atoms with van der Waals surface area (Å²) >= 11 is 0. The first-order valence-corrected chi connectivity index (χ1v) is 6.11. The summed E-state index contributed by atoms with van der Waals surface area (Å²) in [6, 6.07) is 12.2. The molecule has 114 valence electrons. The molecule has 2 aromatic rings. The van der Waals surface area contributed by atoms with E-state index >= 15 is 0 Å². The molecule has 3 N–H and O–H groups in total. The van der Waals surface area contributed by atoms with E-state index in [1.54, 1.807) is 36.4 Å². The van der Waals surface area contributed by atoms with Crippen molar-refractivity contribution in [1.29, 1.82) is 0 Å². The van der Waals surface area contributed by atoms with E-state index in [0.29, 0.717) is 17.9 Å². The fourth-order valence-corrected chi connectivity index (χ4v) is 1.71. The molecule has 0 unspecified atom stereocenters. The molecule has 0 saturated heterocycles. The number of aromatic hydroxyl groups is 2. The Bertz CT molecular complexity index is 618. The number of rotatable bonds is 5. The molecule has 0 fully saturated rings. The molecule has 0 radical (unpaired) electrons. The Morgan fingerprint density at radius 1 is 1.14 bits per heavy atom.